The summed E-state index contributed by atoms with van der Waals surface area (Å²) in [6, 6.07) is 0. The van der Waals surface area contributed by atoms with Gasteiger partial charge in [-0.25, -0.2) is 10.0 Å². The maximum absolute atomic E-state index is 11.1. The summed E-state index contributed by atoms with van der Waals surface area (Å²) in [6.07, 6.45) is 1.47. The summed E-state index contributed by atoms with van der Waals surface area (Å²) in [5, 5.41) is 12.8. The molecule has 0 bridgehead atoms. The van der Waals surface area contributed by atoms with Gasteiger partial charge < -0.3 is 5.32 Å². The Morgan fingerprint density at radius 1 is 1.64 bits per heavy atom. The number of anilines is 1. The Hall–Kier alpha value is -1.40. The molecule has 0 spiro atoms. The molecule has 1 amide bonds. The van der Waals surface area contributed by atoms with Crippen molar-refractivity contribution >= 4 is 23.3 Å². The summed E-state index contributed by atoms with van der Waals surface area (Å²) in [7, 11) is 0. The fourth-order valence-corrected chi connectivity index (χ4v) is 1.31. The topological polar surface area (TPSA) is 78.4 Å². The summed E-state index contributed by atoms with van der Waals surface area (Å²) < 4.78 is 0. The van der Waals surface area contributed by atoms with Gasteiger partial charge in [-0.15, -0.1) is 0 Å². The molecule has 0 saturated heterocycles. The highest BCUT2D eigenvalue weighted by atomic mass is 35.5. The van der Waals surface area contributed by atoms with E-state index in [1.807, 2.05) is 0 Å². The lowest BCUT2D eigenvalue weighted by Gasteiger charge is -2.13. The summed E-state index contributed by atoms with van der Waals surface area (Å²) in [5.74, 6) is -0.00928. The van der Waals surface area contributed by atoms with E-state index in [1.165, 1.54) is 6.20 Å². The zero-order valence-corrected chi connectivity index (χ0v) is 7.82. The van der Waals surface area contributed by atoms with Crippen LogP contribution >= 0.6 is 11.6 Å². The number of hydrogen-bond donors (Lipinski definition) is 2. The number of amides is 1. The van der Waals surface area contributed by atoms with E-state index in [2.05, 4.69) is 15.3 Å². The summed E-state index contributed by atoms with van der Waals surface area (Å²) >= 11 is 5.57. The highest BCUT2D eigenvalue weighted by Gasteiger charge is 2.19. The first kappa shape index (κ1) is 9.17. The molecule has 2 rings (SSSR count). The average Bonchev–Trinajstić information content (AvgIpc) is 2.27. The van der Waals surface area contributed by atoms with E-state index in [4.69, 9.17) is 11.6 Å². The molecule has 0 atom stereocenters. The van der Waals surface area contributed by atoms with Gasteiger partial charge in [-0.3, -0.25) is 10.0 Å². The third-order valence-corrected chi connectivity index (χ3v) is 2.01. The van der Waals surface area contributed by atoms with Gasteiger partial charge in [0.05, 0.1) is 0 Å². The second-order valence-electron chi connectivity index (χ2n) is 2.82. The smallest absolute Gasteiger partial charge is 0.242 e. The molecule has 0 saturated carbocycles. The Labute approximate surface area is 84.5 Å². The van der Waals surface area contributed by atoms with E-state index in [1.54, 1.807) is 0 Å². The van der Waals surface area contributed by atoms with E-state index in [9.17, 15) is 10.0 Å². The Balaban J connectivity index is 2.43. The molecule has 0 fully saturated rings. The molecule has 2 heterocycles. The zero-order chi connectivity index (χ0) is 10.1. The third-order valence-electron chi connectivity index (χ3n) is 1.83. The molecule has 6 nitrogen and oxygen atoms in total. The number of fused-ring (bicyclic) bond motifs is 1. The standard InChI is InChI=1S/C7H7ClN4O2/c8-7-10-2-4-1-9-5(13)3-12(14)6(4)11-7/h2,14H,1,3H2,(H,9,13). The number of nitrogens with zero attached hydrogens (tertiary/aromatic N) is 3. The van der Waals surface area contributed by atoms with Crippen molar-refractivity contribution in [3.8, 4) is 0 Å². The number of halogens is 1. The van der Waals surface area contributed by atoms with Crippen LogP contribution < -0.4 is 10.4 Å². The molecule has 1 aliphatic heterocycles. The van der Waals surface area contributed by atoms with Crippen molar-refractivity contribution in [2.75, 3.05) is 11.6 Å². The van der Waals surface area contributed by atoms with Crippen LogP contribution in [0.15, 0.2) is 6.20 Å². The quantitative estimate of drug-likeness (QED) is 0.593. The van der Waals surface area contributed by atoms with Gasteiger partial charge in [0.2, 0.25) is 11.2 Å². The van der Waals surface area contributed by atoms with Gasteiger partial charge in [-0.05, 0) is 11.6 Å². The Morgan fingerprint density at radius 3 is 3.21 bits per heavy atom. The number of aromatic nitrogens is 2. The molecule has 1 aromatic heterocycles. The summed E-state index contributed by atoms with van der Waals surface area (Å²) in [6.45, 7) is 0.142. The van der Waals surface area contributed by atoms with Crippen molar-refractivity contribution in [2.24, 2.45) is 0 Å². The van der Waals surface area contributed by atoms with Gasteiger partial charge in [0.1, 0.15) is 6.54 Å². The summed E-state index contributed by atoms with van der Waals surface area (Å²) in [5.41, 5.74) is 0.628. The molecule has 0 aromatic carbocycles. The van der Waals surface area contributed by atoms with Gasteiger partial charge in [0, 0.05) is 18.3 Å². The molecule has 14 heavy (non-hydrogen) atoms. The highest BCUT2D eigenvalue weighted by molar-refractivity contribution is 6.28. The van der Waals surface area contributed by atoms with Gasteiger partial charge >= 0.3 is 0 Å². The van der Waals surface area contributed by atoms with Crippen LogP contribution in [-0.2, 0) is 11.3 Å². The first-order valence-electron chi connectivity index (χ1n) is 3.91. The predicted molar refractivity (Wildman–Crippen MR) is 48.0 cm³/mol. The average molecular weight is 215 g/mol. The Kier molecular flexibility index (Phi) is 2.22. The van der Waals surface area contributed by atoms with Crippen LogP contribution in [-0.4, -0.2) is 27.6 Å². The largest absolute Gasteiger partial charge is 0.350 e. The second-order valence-corrected chi connectivity index (χ2v) is 3.16. The minimum atomic E-state index is -0.276. The lowest BCUT2D eigenvalue weighted by molar-refractivity contribution is -0.120. The predicted octanol–water partition coefficient (Wildman–Crippen LogP) is -0.0446. The number of rotatable bonds is 0. The third kappa shape index (κ3) is 1.61. The fraction of sp³-hybridized carbons (Fsp3) is 0.286. The molecule has 1 aromatic rings. The fourth-order valence-electron chi connectivity index (χ4n) is 1.19. The zero-order valence-electron chi connectivity index (χ0n) is 7.07. The molecule has 0 aliphatic carbocycles. The van der Waals surface area contributed by atoms with Crippen molar-refractivity contribution < 1.29 is 10.0 Å². The molecule has 7 heteroatoms. The van der Waals surface area contributed by atoms with Gasteiger partial charge in [-0.1, -0.05) is 0 Å². The van der Waals surface area contributed by atoms with Gasteiger partial charge in [-0.2, -0.15) is 4.98 Å². The van der Waals surface area contributed by atoms with E-state index < -0.39 is 0 Å². The molecule has 0 radical (unpaired) electrons. The molecular formula is C7H7ClN4O2. The molecule has 0 unspecified atom stereocenters. The number of hydrogen-bond acceptors (Lipinski definition) is 5. The number of carbonyl (C=O) groups excluding carboxylic acids is 1. The maximum Gasteiger partial charge on any atom is 0.242 e. The van der Waals surface area contributed by atoms with Crippen molar-refractivity contribution in [1.29, 1.82) is 0 Å². The first-order valence-corrected chi connectivity index (χ1v) is 4.29. The lowest BCUT2D eigenvalue weighted by Crippen LogP contribution is -2.31. The van der Waals surface area contributed by atoms with Gasteiger partial charge in [0.15, 0.2) is 5.82 Å². The van der Waals surface area contributed by atoms with Crippen LogP contribution in [0.1, 0.15) is 5.56 Å². The van der Waals surface area contributed by atoms with E-state index in [0.29, 0.717) is 12.1 Å². The normalized spacial score (nSPS) is 15.9. The Bertz CT molecular complexity index is 384. The number of carbonyl (C=O) groups is 1. The van der Waals surface area contributed by atoms with Crippen LogP contribution in [0, 0.1) is 0 Å². The van der Waals surface area contributed by atoms with E-state index in [-0.39, 0.29) is 23.6 Å². The van der Waals surface area contributed by atoms with Crippen molar-refractivity contribution in [3.63, 3.8) is 0 Å². The van der Waals surface area contributed by atoms with Crippen LogP contribution in [0.4, 0.5) is 5.82 Å². The molecular weight excluding hydrogens is 208 g/mol. The van der Waals surface area contributed by atoms with Crippen molar-refractivity contribution in [1.82, 2.24) is 15.3 Å². The molecule has 74 valence electrons. The second kappa shape index (κ2) is 3.39. The van der Waals surface area contributed by atoms with Crippen molar-refractivity contribution in [2.45, 2.75) is 6.54 Å². The lowest BCUT2D eigenvalue weighted by atomic mass is 10.3. The van der Waals surface area contributed by atoms with Crippen LogP contribution in [0.25, 0.3) is 0 Å². The Morgan fingerprint density at radius 2 is 2.43 bits per heavy atom. The minimum absolute atomic E-state index is 0.0390. The van der Waals surface area contributed by atoms with Crippen LogP contribution in [0.3, 0.4) is 0 Å². The number of nitrogens with one attached hydrogen (secondary N) is 1. The highest BCUT2D eigenvalue weighted by Crippen LogP contribution is 2.18. The number of hydroxylamine groups is 1. The van der Waals surface area contributed by atoms with Gasteiger partial charge in [0.25, 0.3) is 0 Å². The first-order chi connectivity index (χ1) is 6.66. The van der Waals surface area contributed by atoms with E-state index >= 15 is 0 Å². The van der Waals surface area contributed by atoms with Crippen molar-refractivity contribution in [3.05, 3.63) is 17.0 Å². The molecule has 1 aliphatic rings. The van der Waals surface area contributed by atoms with Crippen LogP contribution in [0.2, 0.25) is 5.28 Å². The molecule has 2 N–H and O–H groups in total. The van der Waals surface area contributed by atoms with E-state index in [0.717, 1.165) is 5.06 Å². The maximum atomic E-state index is 11.1. The SMILES string of the molecule is O=C1CN(O)c2nc(Cl)ncc2CN1. The van der Waals surface area contributed by atoms with Crippen LogP contribution in [0.5, 0.6) is 0 Å². The monoisotopic (exact) mass is 214 g/mol. The minimum Gasteiger partial charge on any atom is -0.350 e. The summed E-state index contributed by atoms with van der Waals surface area (Å²) in [4.78, 5) is 18.6.